The van der Waals surface area contributed by atoms with Crippen LogP contribution < -0.4 is 24.4 Å². The maximum Gasteiger partial charge on any atom is 0.290 e. The first kappa shape index (κ1) is 26.2. The molecule has 0 saturated carbocycles. The first-order chi connectivity index (χ1) is 18.9. The summed E-state index contributed by atoms with van der Waals surface area (Å²) >= 11 is 0. The monoisotopic (exact) mass is 529 g/mol. The van der Waals surface area contributed by atoms with Crippen molar-refractivity contribution in [1.82, 2.24) is 4.90 Å². The van der Waals surface area contributed by atoms with Crippen molar-refractivity contribution in [2.24, 2.45) is 0 Å². The summed E-state index contributed by atoms with van der Waals surface area (Å²) in [6, 6.07) is 15.9. The number of fused-ring (bicyclic) bond motifs is 2. The SMILES string of the molecule is CCOc1ccc(C2c3c(oc4ccc(C)cc4c3=O)C(=O)N2CCc2ccc(OC)c(OC)c2)cc1OC. The smallest absolute Gasteiger partial charge is 0.290 e. The van der Waals surface area contributed by atoms with E-state index in [9.17, 15) is 9.59 Å². The van der Waals surface area contributed by atoms with E-state index in [-0.39, 0.29) is 17.1 Å². The summed E-state index contributed by atoms with van der Waals surface area (Å²) in [6.07, 6.45) is 0.525. The lowest BCUT2D eigenvalue weighted by Crippen LogP contribution is -2.31. The van der Waals surface area contributed by atoms with E-state index in [0.29, 0.717) is 59.1 Å². The van der Waals surface area contributed by atoms with Gasteiger partial charge >= 0.3 is 0 Å². The topological polar surface area (TPSA) is 87.4 Å². The van der Waals surface area contributed by atoms with Crippen LogP contribution in [0.4, 0.5) is 0 Å². The zero-order valence-electron chi connectivity index (χ0n) is 22.7. The Bertz CT molecular complexity index is 1610. The highest BCUT2D eigenvalue weighted by Crippen LogP contribution is 2.41. The molecule has 202 valence electrons. The molecule has 0 N–H and O–H groups in total. The van der Waals surface area contributed by atoms with Gasteiger partial charge in [0, 0.05) is 6.54 Å². The molecule has 2 heterocycles. The molecule has 1 aliphatic heterocycles. The van der Waals surface area contributed by atoms with Gasteiger partial charge in [-0.1, -0.05) is 23.8 Å². The molecule has 0 spiro atoms. The van der Waals surface area contributed by atoms with Crippen LogP contribution >= 0.6 is 0 Å². The van der Waals surface area contributed by atoms with Gasteiger partial charge in [-0.15, -0.1) is 0 Å². The predicted octanol–water partition coefficient (Wildman–Crippen LogP) is 5.31. The van der Waals surface area contributed by atoms with Gasteiger partial charge in [0.1, 0.15) is 5.58 Å². The Morgan fingerprint density at radius 3 is 2.28 bits per heavy atom. The molecule has 1 aromatic heterocycles. The van der Waals surface area contributed by atoms with Gasteiger partial charge in [-0.3, -0.25) is 9.59 Å². The summed E-state index contributed by atoms with van der Waals surface area (Å²) in [4.78, 5) is 29.4. The second-order valence-electron chi connectivity index (χ2n) is 9.36. The molecule has 39 heavy (non-hydrogen) atoms. The van der Waals surface area contributed by atoms with Gasteiger partial charge in [0.25, 0.3) is 5.91 Å². The lowest BCUT2D eigenvalue weighted by Gasteiger charge is -2.26. The Labute approximate surface area is 226 Å². The van der Waals surface area contributed by atoms with Gasteiger partial charge in [0.2, 0.25) is 5.76 Å². The number of methoxy groups -OCH3 is 3. The van der Waals surface area contributed by atoms with Gasteiger partial charge in [0.15, 0.2) is 28.4 Å². The predicted molar refractivity (Wildman–Crippen MR) is 148 cm³/mol. The molecular weight excluding hydrogens is 498 g/mol. The number of amides is 1. The Hall–Kier alpha value is -4.46. The van der Waals surface area contributed by atoms with E-state index < -0.39 is 6.04 Å². The van der Waals surface area contributed by atoms with Crippen molar-refractivity contribution in [3.05, 3.63) is 92.8 Å². The number of aryl methyl sites for hydroxylation is 1. The van der Waals surface area contributed by atoms with Crippen molar-refractivity contribution in [3.63, 3.8) is 0 Å². The molecule has 1 unspecified atom stereocenters. The summed E-state index contributed by atoms with van der Waals surface area (Å²) in [5.41, 5.74) is 3.13. The number of hydrogen-bond acceptors (Lipinski definition) is 7. The van der Waals surface area contributed by atoms with Gasteiger partial charge in [-0.25, -0.2) is 0 Å². The van der Waals surface area contributed by atoms with Crippen molar-refractivity contribution in [2.45, 2.75) is 26.3 Å². The Kier molecular flexibility index (Phi) is 7.19. The zero-order valence-corrected chi connectivity index (χ0v) is 22.7. The summed E-state index contributed by atoms with van der Waals surface area (Å²) in [5, 5.41) is 0.450. The number of nitrogens with zero attached hydrogens (tertiary/aromatic N) is 1. The molecule has 8 heteroatoms. The van der Waals surface area contributed by atoms with Crippen molar-refractivity contribution >= 4 is 16.9 Å². The van der Waals surface area contributed by atoms with Crippen LogP contribution in [0.5, 0.6) is 23.0 Å². The van der Waals surface area contributed by atoms with Gasteiger partial charge < -0.3 is 28.3 Å². The summed E-state index contributed by atoms with van der Waals surface area (Å²) in [5.74, 6) is 2.09. The van der Waals surface area contributed by atoms with E-state index in [0.717, 1.165) is 16.7 Å². The van der Waals surface area contributed by atoms with Crippen LogP contribution in [0.1, 0.15) is 45.8 Å². The average Bonchev–Trinajstić information content (AvgIpc) is 3.23. The number of carbonyl (C=O) groups is 1. The summed E-state index contributed by atoms with van der Waals surface area (Å²) in [6.45, 7) is 4.63. The second kappa shape index (κ2) is 10.7. The number of ether oxygens (including phenoxy) is 4. The van der Waals surface area contributed by atoms with Gasteiger partial charge in [-0.2, -0.15) is 0 Å². The molecular formula is C31H31NO7. The van der Waals surface area contributed by atoms with E-state index in [2.05, 4.69) is 0 Å². The van der Waals surface area contributed by atoms with E-state index in [1.54, 1.807) is 44.4 Å². The van der Waals surface area contributed by atoms with Crippen LogP contribution in [0, 0.1) is 6.92 Å². The molecule has 3 aromatic carbocycles. The molecule has 4 aromatic rings. The van der Waals surface area contributed by atoms with Crippen LogP contribution in [0.25, 0.3) is 11.0 Å². The zero-order chi connectivity index (χ0) is 27.7. The molecule has 0 saturated heterocycles. The summed E-state index contributed by atoms with van der Waals surface area (Å²) in [7, 11) is 4.74. The van der Waals surface area contributed by atoms with Crippen molar-refractivity contribution < 1.29 is 28.2 Å². The van der Waals surface area contributed by atoms with E-state index >= 15 is 0 Å². The second-order valence-corrected chi connectivity index (χ2v) is 9.36. The van der Waals surface area contributed by atoms with E-state index in [4.69, 9.17) is 23.4 Å². The molecule has 1 atom stereocenters. The quantitative estimate of drug-likeness (QED) is 0.290. The minimum Gasteiger partial charge on any atom is -0.493 e. The fourth-order valence-corrected chi connectivity index (χ4v) is 5.13. The van der Waals surface area contributed by atoms with E-state index in [1.165, 1.54) is 0 Å². The standard InChI is InChI=1S/C31H31NO7/c1-6-38-24-12-9-20(17-26(24)37-5)28-27-29(33)21-15-18(2)7-10-22(21)39-30(27)31(34)32(28)14-13-19-8-11-23(35-3)25(16-19)36-4/h7-12,15-17,28H,6,13-14H2,1-5H3. The highest BCUT2D eigenvalue weighted by atomic mass is 16.5. The lowest BCUT2D eigenvalue weighted by molar-refractivity contribution is 0.0730. The number of rotatable bonds is 9. The van der Waals surface area contributed by atoms with Crippen LogP contribution in [0.2, 0.25) is 0 Å². The highest BCUT2D eigenvalue weighted by molar-refractivity contribution is 5.99. The normalized spacial score (nSPS) is 14.4. The fraction of sp³-hybridized carbons (Fsp3) is 0.290. The van der Waals surface area contributed by atoms with Crippen LogP contribution in [-0.2, 0) is 6.42 Å². The van der Waals surface area contributed by atoms with Gasteiger partial charge in [-0.05, 0) is 67.8 Å². The lowest BCUT2D eigenvalue weighted by atomic mass is 9.97. The molecule has 5 rings (SSSR count). The summed E-state index contributed by atoms with van der Waals surface area (Å²) < 4.78 is 28.2. The third kappa shape index (κ3) is 4.67. The van der Waals surface area contributed by atoms with E-state index in [1.807, 2.05) is 50.2 Å². The van der Waals surface area contributed by atoms with Crippen molar-refractivity contribution in [1.29, 1.82) is 0 Å². The third-order valence-electron chi connectivity index (χ3n) is 7.01. The Balaban J connectivity index is 1.61. The van der Waals surface area contributed by atoms with Crippen LogP contribution in [-0.4, -0.2) is 45.3 Å². The maximum absolute atomic E-state index is 13.9. The van der Waals surface area contributed by atoms with Crippen molar-refractivity contribution in [3.8, 4) is 23.0 Å². The molecule has 8 nitrogen and oxygen atoms in total. The molecule has 0 bridgehead atoms. The first-order valence-electron chi connectivity index (χ1n) is 12.8. The largest absolute Gasteiger partial charge is 0.493 e. The van der Waals surface area contributed by atoms with Crippen LogP contribution in [0.15, 0.2) is 63.8 Å². The first-order valence-corrected chi connectivity index (χ1v) is 12.8. The molecule has 1 aliphatic rings. The fourth-order valence-electron chi connectivity index (χ4n) is 5.13. The van der Waals surface area contributed by atoms with Crippen LogP contribution in [0.3, 0.4) is 0 Å². The molecule has 0 fully saturated rings. The van der Waals surface area contributed by atoms with Gasteiger partial charge in [0.05, 0.1) is 44.9 Å². The average molecular weight is 530 g/mol. The minimum atomic E-state index is -0.654. The van der Waals surface area contributed by atoms with Crippen molar-refractivity contribution in [2.75, 3.05) is 34.5 Å². The third-order valence-corrected chi connectivity index (χ3v) is 7.01. The number of hydrogen-bond donors (Lipinski definition) is 0. The maximum atomic E-state index is 13.9. The molecule has 0 aliphatic carbocycles. The number of benzene rings is 3. The molecule has 1 amide bonds. The Morgan fingerprint density at radius 1 is 0.846 bits per heavy atom. The Morgan fingerprint density at radius 2 is 1.56 bits per heavy atom. The molecule has 0 radical (unpaired) electrons. The minimum absolute atomic E-state index is 0.0708. The highest BCUT2D eigenvalue weighted by Gasteiger charge is 2.42. The number of carbonyl (C=O) groups excluding carboxylic acids is 1.